The molecule has 7 nitrogen and oxygen atoms in total. The van der Waals surface area contributed by atoms with Crippen molar-refractivity contribution in [2.75, 3.05) is 37.7 Å². The summed E-state index contributed by atoms with van der Waals surface area (Å²) in [6, 6.07) is 10.7. The van der Waals surface area contributed by atoms with Crippen molar-refractivity contribution in [2.45, 2.75) is 13.5 Å². The van der Waals surface area contributed by atoms with Gasteiger partial charge in [0.05, 0.1) is 17.3 Å². The standard InChI is InChI=1S/C22H23ClN2O5/c1-2-29-18-5-3-4-14(21(18)26)13-24-8-10-25(11-9-24)16-6-7-17-15(20(16)23)12-19(30-17)22(27)28/h3-7,12,26H,2,8-11,13H2,1H3,(H,27,28). The zero-order chi connectivity index (χ0) is 21.3. The third kappa shape index (κ3) is 3.91. The number of benzene rings is 2. The number of anilines is 1. The number of para-hydroxylation sites is 1. The number of carbonyl (C=O) groups is 1. The van der Waals surface area contributed by atoms with Gasteiger partial charge in [0, 0.05) is 49.7 Å². The summed E-state index contributed by atoms with van der Waals surface area (Å²) in [5, 5.41) is 20.7. The van der Waals surface area contributed by atoms with E-state index in [2.05, 4.69) is 9.80 Å². The first-order valence-electron chi connectivity index (χ1n) is 9.84. The molecule has 8 heteroatoms. The van der Waals surface area contributed by atoms with Crippen LogP contribution in [0, 0.1) is 0 Å². The van der Waals surface area contributed by atoms with Crippen molar-refractivity contribution in [2.24, 2.45) is 0 Å². The van der Waals surface area contributed by atoms with Gasteiger partial charge in [-0.2, -0.15) is 0 Å². The Balaban J connectivity index is 1.45. The molecule has 1 saturated heterocycles. The Morgan fingerprint density at radius 2 is 1.97 bits per heavy atom. The molecule has 0 aliphatic carbocycles. The van der Waals surface area contributed by atoms with Crippen LogP contribution in [0.4, 0.5) is 5.69 Å². The molecule has 1 aliphatic heterocycles. The Kier molecular flexibility index (Phi) is 5.74. The Morgan fingerprint density at radius 1 is 1.20 bits per heavy atom. The lowest BCUT2D eigenvalue weighted by Gasteiger charge is -2.36. The van der Waals surface area contributed by atoms with Crippen LogP contribution in [0.25, 0.3) is 11.0 Å². The number of halogens is 1. The number of carboxylic acid groups (broad SMARTS) is 1. The number of aromatic hydroxyl groups is 1. The van der Waals surface area contributed by atoms with E-state index < -0.39 is 5.97 Å². The summed E-state index contributed by atoms with van der Waals surface area (Å²) in [6.45, 7) is 6.17. The second-order valence-corrected chi connectivity index (χ2v) is 7.56. The Morgan fingerprint density at radius 3 is 2.67 bits per heavy atom. The molecule has 2 heterocycles. The number of nitrogens with zero attached hydrogens (tertiary/aromatic N) is 2. The monoisotopic (exact) mass is 430 g/mol. The van der Waals surface area contributed by atoms with Gasteiger partial charge in [0.1, 0.15) is 5.58 Å². The van der Waals surface area contributed by atoms with Crippen molar-refractivity contribution < 1.29 is 24.2 Å². The van der Waals surface area contributed by atoms with Crippen LogP contribution in [0.3, 0.4) is 0 Å². The van der Waals surface area contributed by atoms with Gasteiger partial charge in [-0.3, -0.25) is 4.90 Å². The van der Waals surface area contributed by atoms with Gasteiger partial charge in [-0.05, 0) is 25.1 Å². The van der Waals surface area contributed by atoms with Gasteiger partial charge in [-0.25, -0.2) is 4.79 Å². The van der Waals surface area contributed by atoms with Crippen LogP contribution >= 0.6 is 11.6 Å². The summed E-state index contributed by atoms with van der Waals surface area (Å²) in [7, 11) is 0. The highest BCUT2D eigenvalue weighted by atomic mass is 35.5. The van der Waals surface area contributed by atoms with E-state index in [9.17, 15) is 9.90 Å². The van der Waals surface area contributed by atoms with Gasteiger partial charge in [-0.15, -0.1) is 0 Å². The number of furan rings is 1. The van der Waals surface area contributed by atoms with E-state index in [-0.39, 0.29) is 11.5 Å². The van der Waals surface area contributed by atoms with Crippen LogP contribution in [-0.2, 0) is 6.54 Å². The molecule has 1 aliphatic rings. The van der Waals surface area contributed by atoms with Crippen LogP contribution in [0.1, 0.15) is 23.0 Å². The van der Waals surface area contributed by atoms with Crippen LogP contribution in [0.15, 0.2) is 40.8 Å². The Hall–Kier alpha value is -2.90. The minimum Gasteiger partial charge on any atom is -0.504 e. The molecule has 0 saturated carbocycles. The zero-order valence-corrected chi connectivity index (χ0v) is 17.4. The fourth-order valence-corrected chi connectivity index (χ4v) is 4.10. The molecule has 4 rings (SSSR count). The molecule has 3 aromatic rings. The fourth-order valence-electron chi connectivity index (χ4n) is 3.77. The maximum atomic E-state index is 11.2. The highest BCUT2D eigenvalue weighted by molar-refractivity contribution is 6.38. The number of phenols is 1. The summed E-state index contributed by atoms with van der Waals surface area (Å²) < 4.78 is 10.8. The van der Waals surface area contributed by atoms with Gasteiger partial charge in [0.25, 0.3) is 0 Å². The summed E-state index contributed by atoms with van der Waals surface area (Å²) >= 11 is 6.57. The first kappa shape index (κ1) is 20.4. The normalized spacial score (nSPS) is 14.9. The predicted molar refractivity (Wildman–Crippen MR) is 115 cm³/mol. The van der Waals surface area contributed by atoms with Crippen molar-refractivity contribution in [3.8, 4) is 11.5 Å². The van der Waals surface area contributed by atoms with Crippen molar-refractivity contribution in [3.63, 3.8) is 0 Å². The molecule has 0 spiro atoms. The number of carboxylic acids is 1. The maximum absolute atomic E-state index is 11.2. The van der Waals surface area contributed by atoms with E-state index in [1.54, 1.807) is 12.1 Å². The minimum atomic E-state index is -1.12. The molecular formula is C22H23ClN2O5. The quantitative estimate of drug-likeness (QED) is 0.605. The van der Waals surface area contributed by atoms with Crippen LogP contribution < -0.4 is 9.64 Å². The number of hydrogen-bond acceptors (Lipinski definition) is 6. The summed E-state index contributed by atoms with van der Waals surface area (Å²) in [4.78, 5) is 15.6. The minimum absolute atomic E-state index is 0.122. The van der Waals surface area contributed by atoms with Crippen LogP contribution in [0.2, 0.25) is 5.02 Å². The number of hydrogen-bond donors (Lipinski definition) is 2. The van der Waals surface area contributed by atoms with E-state index in [4.69, 9.17) is 25.9 Å². The van der Waals surface area contributed by atoms with Gasteiger partial charge in [0.2, 0.25) is 5.76 Å². The average molecular weight is 431 g/mol. The van der Waals surface area contributed by atoms with Crippen molar-refractivity contribution >= 4 is 34.2 Å². The molecule has 2 aromatic carbocycles. The third-order valence-electron chi connectivity index (χ3n) is 5.31. The molecule has 0 unspecified atom stereocenters. The molecule has 0 radical (unpaired) electrons. The number of rotatable bonds is 6. The van der Waals surface area contributed by atoms with Crippen LogP contribution in [-0.4, -0.2) is 53.9 Å². The summed E-state index contributed by atoms with van der Waals surface area (Å²) in [5.74, 6) is -0.531. The smallest absolute Gasteiger partial charge is 0.371 e. The molecular weight excluding hydrogens is 408 g/mol. The van der Waals surface area contributed by atoms with E-state index in [0.29, 0.717) is 34.9 Å². The third-order valence-corrected chi connectivity index (χ3v) is 5.71. The lowest BCUT2D eigenvalue weighted by molar-refractivity contribution is 0.0665. The molecule has 30 heavy (non-hydrogen) atoms. The largest absolute Gasteiger partial charge is 0.504 e. The second-order valence-electron chi connectivity index (χ2n) is 7.19. The van der Waals surface area contributed by atoms with E-state index in [1.165, 1.54) is 6.07 Å². The van der Waals surface area contributed by atoms with Crippen molar-refractivity contribution in [3.05, 3.63) is 52.7 Å². The molecule has 0 bridgehead atoms. The summed E-state index contributed by atoms with van der Waals surface area (Å²) in [5.41, 5.74) is 2.17. The number of fused-ring (bicyclic) bond motifs is 1. The fraction of sp³-hybridized carbons (Fsp3) is 0.318. The topological polar surface area (TPSA) is 86.4 Å². The molecule has 1 aromatic heterocycles. The number of piperazine rings is 1. The molecule has 1 fully saturated rings. The number of ether oxygens (including phenoxy) is 1. The average Bonchev–Trinajstić information content (AvgIpc) is 3.18. The van der Waals surface area contributed by atoms with Gasteiger partial charge in [0.15, 0.2) is 11.5 Å². The zero-order valence-electron chi connectivity index (χ0n) is 16.6. The Labute approximate surface area is 179 Å². The van der Waals surface area contributed by atoms with E-state index >= 15 is 0 Å². The maximum Gasteiger partial charge on any atom is 0.371 e. The highest BCUT2D eigenvalue weighted by Gasteiger charge is 2.22. The first-order valence-corrected chi connectivity index (χ1v) is 10.2. The lowest BCUT2D eigenvalue weighted by atomic mass is 10.1. The number of aromatic carboxylic acids is 1. The Bertz CT molecular complexity index is 1070. The first-order chi connectivity index (χ1) is 14.5. The molecule has 2 N–H and O–H groups in total. The van der Waals surface area contributed by atoms with Crippen molar-refractivity contribution in [1.82, 2.24) is 4.90 Å². The van der Waals surface area contributed by atoms with E-state index in [0.717, 1.165) is 37.4 Å². The van der Waals surface area contributed by atoms with E-state index in [1.807, 2.05) is 25.1 Å². The SMILES string of the molecule is CCOc1cccc(CN2CCN(c3ccc4oc(C(=O)O)cc4c3Cl)CC2)c1O. The van der Waals surface area contributed by atoms with Gasteiger partial charge >= 0.3 is 5.97 Å². The molecule has 158 valence electrons. The predicted octanol–water partition coefficient (Wildman–Crippen LogP) is 4.21. The summed E-state index contributed by atoms with van der Waals surface area (Å²) in [6.07, 6.45) is 0. The van der Waals surface area contributed by atoms with Gasteiger partial charge < -0.3 is 24.3 Å². The lowest BCUT2D eigenvalue weighted by Crippen LogP contribution is -2.46. The van der Waals surface area contributed by atoms with Crippen molar-refractivity contribution in [1.29, 1.82) is 0 Å². The van der Waals surface area contributed by atoms with Gasteiger partial charge in [-0.1, -0.05) is 23.7 Å². The second kappa shape index (κ2) is 8.45. The molecule has 0 atom stereocenters. The molecule has 0 amide bonds. The number of phenolic OH excluding ortho intramolecular Hbond substituents is 1. The van der Waals surface area contributed by atoms with Crippen LogP contribution in [0.5, 0.6) is 11.5 Å². The highest BCUT2D eigenvalue weighted by Crippen LogP contribution is 2.36.